The molecule has 0 aliphatic carbocycles. The smallest absolute Gasteiger partial charge is 0.119 e. The molecule has 1 aromatic heterocycles. The van der Waals surface area contributed by atoms with E-state index < -0.39 is 0 Å². The van der Waals surface area contributed by atoms with E-state index in [1.807, 2.05) is 60.7 Å². The van der Waals surface area contributed by atoms with Crippen molar-refractivity contribution in [3.63, 3.8) is 0 Å². The van der Waals surface area contributed by atoms with Gasteiger partial charge in [-0.25, -0.2) is 0 Å². The third-order valence-corrected chi connectivity index (χ3v) is 4.82. The fourth-order valence-electron chi connectivity index (χ4n) is 2.52. The fourth-order valence-corrected chi connectivity index (χ4v) is 3.19. The Balaban J connectivity index is 1.90. The molecule has 0 aliphatic heterocycles. The highest BCUT2D eigenvalue weighted by atomic mass is 32.2. The van der Waals surface area contributed by atoms with Crippen molar-refractivity contribution in [3.05, 3.63) is 78.1 Å². The highest BCUT2D eigenvalue weighted by Crippen LogP contribution is 2.33. The minimum absolute atomic E-state index is 0.530. The molecule has 1 N–H and O–H groups in total. The number of nitriles is 1. The molecule has 1 heterocycles. The van der Waals surface area contributed by atoms with Gasteiger partial charge >= 0.3 is 0 Å². The van der Waals surface area contributed by atoms with Crippen molar-refractivity contribution in [3.8, 4) is 17.6 Å². The summed E-state index contributed by atoms with van der Waals surface area (Å²) in [5, 5.41) is 9.75. The first-order chi connectivity index (χ1) is 13.7. The van der Waals surface area contributed by atoms with Crippen LogP contribution >= 0.6 is 11.9 Å². The number of hydrogen-bond acceptors (Lipinski definition) is 6. The topological polar surface area (TPSA) is 67.2 Å². The molecule has 3 rings (SSSR count). The molecule has 5 nitrogen and oxygen atoms in total. The molecule has 6 heteroatoms. The second-order valence-corrected chi connectivity index (χ2v) is 6.62. The molecule has 0 amide bonds. The summed E-state index contributed by atoms with van der Waals surface area (Å²) < 4.78 is 13.9. The van der Waals surface area contributed by atoms with Crippen molar-refractivity contribution >= 4 is 29.3 Å². The van der Waals surface area contributed by atoms with Crippen molar-refractivity contribution < 1.29 is 9.47 Å². The number of anilines is 1. The van der Waals surface area contributed by atoms with Crippen LogP contribution in [0.2, 0.25) is 0 Å². The van der Waals surface area contributed by atoms with Crippen molar-refractivity contribution in [2.45, 2.75) is 4.90 Å². The summed E-state index contributed by atoms with van der Waals surface area (Å²) in [6.45, 7) is 0. The third kappa shape index (κ3) is 4.84. The SMILES string of the molecule is COc1ccc(SNc2ccc(OC)cc2C(C#N)=Cc2ccncc2)cc1. The van der Waals surface area contributed by atoms with Gasteiger partial charge in [0.05, 0.1) is 31.5 Å². The van der Waals surface area contributed by atoms with Crippen molar-refractivity contribution in [1.82, 2.24) is 4.98 Å². The van der Waals surface area contributed by atoms with E-state index in [2.05, 4.69) is 15.8 Å². The van der Waals surface area contributed by atoms with Crippen LogP contribution in [0.5, 0.6) is 11.5 Å². The van der Waals surface area contributed by atoms with Gasteiger partial charge in [0.15, 0.2) is 0 Å². The van der Waals surface area contributed by atoms with Gasteiger partial charge in [-0.15, -0.1) is 0 Å². The predicted octanol–water partition coefficient (Wildman–Crippen LogP) is 5.28. The zero-order chi connectivity index (χ0) is 19.8. The molecule has 0 spiro atoms. The van der Waals surface area contributed by atoms with Gasteiger partial charge in [0.1, 0.15) is 11.5 Å². The summed E-state index contributed by atoms with van der Waals surface area (Å²) in [5.41, 5.74) is 3.02. The molecule has 2 aromatic carbocycles. The van der Waals surface area contributed by atoms with Gasteiger partial charge in [-0.3, -0.25) is 4.98 Å². The van der Waals surface area contributed by atoms with Gasteiger partial charge in [0.2, 0.25) is 0 Å². The van der Waals surface area contributed by atoms with E-state index in [0.717, 1.165) is 27.5 Å². The van der Waals surface area contributed by atoms with Crippen LogP contribution in [0, 0.1) is 11.3 Å². The summed E-state index contributed by atoms with van der Waals surface area (Å²) in [5.74, 6) is 1.49. The molecular weight excluding hydrogens is 370 g/mol. The normalized spacial score (nSPS) is 10.8. The first-order valence-corrected chi connectivity index (χ1v) is 9.32. The van der Waals surface area contributed by atoms with Crippen LogP contribution in [0.3, 0.4) is 0 Å². The second-order valence-electron chi connectivity index (χ2n) is 5.74. The number of nitrogens with one attached hydrogen (secondary N) is 1. The number of nitrogens with zero attached hydrogens (tertiary/aromatic N) is 2. The number of allylic oxidation sites excluding steroid dienone is 1. The van der Waals surface area contributed by atoms with Crippen LogP contribution in [0.25, 0.3) is 11.6 Å². The van der Waals surface area contributed by atoms with Gasteiger partial charge in [-0.05, 0) is 78.2 Å². The van der Waals surface area contributed by atoms with Crippen LogP contribution in [0.15, 0.2) is 71.9 Å². The standard InChI is InChI=1S/C22H19N3O2S/c1-26-18-3-6-20(7-4-18)28-25-22-8-5-19(27-2)14-21(22)17(15-23)13-16-9-11-24-12-10-16/h3-14,25H,1-2H3. The maximum atomic E-state index is 9.75. The number of rotatable bonds is 7. The monoisotopic (exact) mass is 389 g/mol. The zero-order valence-corrected chi connectivity index (χ0v) is 16.4. The molecule has 0 bridgehead atoms. The zero-order valence-electron chi connectivity index (χ0n) is 15.5. The Morgan fingerprint density at radius 3 is 2.32 bits per heavy atom. The van der Waals surface area contributed by atoms with Crippen molar-refractivity contribution in [2.75, 3.05) is 18.9 Å². The number of methoxy groups -OCH3 is 2. The third-order valence-electron chi connectivity index (χ3n) is 3.99. The number of pyridine rings is 1. The van der Waals surface area contributed by atoms with Gasteiger partial charge in [-0.2, -0.15) is 5.26 Å². The molecule has 0 saturated carbocycles. The van der Waals surface area contributed by atoms with E-state index in [4.69, 9.17) is 9.47 Å². The Bertz CT molecular complexity index is 997. The molecule has 0 fully saturated rings. The second kappa shape index (κ2) is 9.49. The molecule has 140 valence electrons. The van der Waals surface area contributed by atoms with E-state index in [0.29, 0.717) is 11.3 Å². The Morgan fingerprint density at radius 2 is 1.68 bits per heavy atom. The predicted molar refractivity (Wildman–Crippen MR) is 113 cm³/mol. The molecular formula is C22H19N3O2S. The number of hydrogen-bond donors (Lipinski definition) is 1. The largest absolute Gasteiger partial charge is 0.497 e. The molecule has 0 atom stereocenters. The molecule has 28 heavy (non-hydrogen) atoms. The molecule has 0 radical (unpaired) electrons. The molecule has 0 saturated heterocycles. The van der Waals surface area contributed by atoms with Gasteiger partial charge < -0.3 is 14.2 Å². The van der Waals surface area contributed by atoms with E-state index >= 15 is 0 Å². The average Bonchev–Trinajstić information content (AvgIpc) is 2.77. The summed E-state index contributed by atoms with van der Waals surface area (Å²) in [4.78, 5) is 5.04. The minimum atomic E-state index is 0.530. The van der Waals surface area contributed by atoms with Gasteiger partial charge in [0.25, 0.3) is 0 Å². The van der Waals surface area contributed by atoms with Crippen LogP contribution in [0.1, 0.15) is 11.1 Å². The van der Waals surface area contributed by atoms with E-state index in [9.17, 15) is 5.26 Å². The average molecular weight is 389 g/mol. The first-order valence-electron chi connectivity index (χ1n) is 8.50. The summed E-state index contributed by atoms with van der Waals surface area (Å²) in [7, 11) is 3.25. The van der Waals surface area contributed by atoms with E-state index in [1.165, 1.54) is 11.9 Å². The van der Waals surface area contributed by atoms with Gasteiger partial charge in [-0.1, -0.05) is 0 Å². The number of ether oxygens (including phenoxy) is 2. The van der Waals surface area contributed by atoms with Crippen LogP contribution in [-0.4, -0.2) is 19.2 Å². The summed E-state index contributed by atoms with van der Waals surface area (Å²) >= 11 is 1.46. The van der Waals surface area contributed by atoms with Crippen LogP contribution in [0.4, 0.5) is 5.69 Å². The highest BCUT2D eigenvalue weighted by Gasteiger charge is 2.11. The Hall–Kier alpha value is -3.43. The lowest BCUT2D eigenvalue weighted by molar-refractivity contribution is 0.414. The lowest BCUT2D eigenvalue weighted by Crippen LogP contribution is -1.95. The van der Waals surface area contributed by atoms with Crippen LogP contribution in [-0.2, 0) is 0 Å². The highest BCUT2D eigenvalue weighted by molar-refractivity contribution is 8.00. The molecule has 3 aromatic rings. The quantitative estimate of drug-likeness (QED) is 0.438. The molecule has 0 unspecified atom stereocenters. The Morgan fingerprint density at radius 1 is 1.00 bits per heavy atom. The van der Waals surface area contributed by atoms with Crippen molar-refractivity contribution in [1.29, 1.82) is 5.26 Å². The van der Waals surface area contributed by atoms with Crippen molar-refractivity contribution in [2.24, 2.45) is 0 Å². The lowest BCUT2D eigenvalue weighted by atomic mass is 10.0. The maximum Gasteiger partial charge on any atom is 0.119 e. The first kappa shape index (κ1) is 19.3. The number of aromatic nitrogens is 1. The summed E-state index contributed by atoms with van der Waals surface area (Å²) in [6.07, 6.45) is 5.23. The Kier molecular flexibility index (Phi) is 6.55. The summed E-state index contributed by atoms with van der Waals surface area (Å²) in [6, 6.07) is 19.4. The number of benzene rings is 2. The van der Waals surface area contributed by atoms with Gasteiger partial charge in [0, 0.05) is 22.9 Å². The lowest BCUT2D eigenvalue weighted by Gasteiger charge is -2.13. The minimum Gasteiger partial charge on any atom is -0.497 e. The maximum absolute atomic E-state index is 9.75. The molecule has 0 aliphatic rings. The van der Waals surface area contributed by atoms with Crippen LogP contribution < -0.4 is 14.2 Å². The fraction of sp³-hybridized carbons (Fsp3) is 0.0909. The van der Waals surface area contributed by atoms with E-state index in [1.54, 1.807) is 26.6 Å². The Labute approximate surface area is 168 Å². The van der Waals surface area contributed by atoms with E-state index in [-0.39, 0.29) is 0 Å².